The first kappa shape index (κ1) is 17.6. The van der Waals surface area contributed by atoms with Crippen molar-refractivity contribution in [3.05, 3.63) is 35.5 Å². The van der Waals surface area contributed by atoms with Crippen LogP contribution in [0.4, 0.5) is 32.0 Å². The minimum atomic E-state index is -4.75. The van der Waals surface area contributed by atoms with Crippen molar-refractivity contribution in [1.29, 1.82) is 0 Å². The van der Waals surface area contributed by atoms with Crippen molar-refractivity contribution in [2.24, 2.45) is 5.10 Å². The quantitative estimate of drug-likeness (QED) is 0.428. The van der Waals surface area contributed by atoms with Crippen LogP contribution in [0.5, 0.6) is 5.75 Å². The van der Waals surface area contributed by atoms with Crippen LogP contribution < -0.4 is 9.33 Å². The van der Waals surface area contributed by atoms with E-state index in [1.165, 1.54) is 25.2 Å². The Labute approximate surface area is 132 Å². The fraction of sp³-hybridized carbons (Fsp3) is 0.308. The molecule has 0 bridgehead atoms. The molecule has 0 amide bonds. The molecule has 10 heteroatoms. The van der Waals surface area contributed by atoms with Gasteiger partial charge in [0.05, 0.1) is 0 Å². The van der Waals surface area contributed by atoms with Gasteiger partial charge in [0.2, 0.25) is 10.8 Å². The SMILES string of the molecule is C[N+]1(c2ccccc2OC(F)(F)C(F)F)N=C(C(F)F)C=C1Cl. The first-order valence-electron chi connectivity index (χ1n) is 6.15. The van der Waals surface area contributed by atoms with Crippen molar-refractivity contribution >= 4 is 23.0 Å². The van der Waals surface area contributed by atoms with Crippen molar-refractivity contribution in [2.75, 3.05) is 7.05 Å². The highest BCUT2D eigenvalue weighted by Crippen LogP contribution is 2.42. The van der Waals surface area contributed by atoms with Crippen molar-refractivity contribution in [3.8, 4) is 5.75 Å². The van der Waals surface area contributed by atoms with Crippen molar-refractivity contribution in [2.45, 2.75) is 19.0 Å². The molecule has 3 nitrogen and oxygen atoms in total. The minimum absolute atomic E-state index is 0.190. The molecule has 0 saturated heterocycles. The molecule has 1 aromatic rings. The lowest BCUT2D eigenvalue weighted by atomic mass is 10.2. The standard InChI is InChI=1S/C13H10ClF6N2O/c1-22(10(14)6-7(21-22)11(15)16)8-4-2-3-5-9(8)23-13(19,20)12(17)18/h2-6,11-12H,1H3/q+1. The Kier molecular flexibility index (Phi) is 4.63. The highest BCUT2D eigenvalue weighted by atomic mass is 35.5. The molecular weight excluding hydrogens is 350 g/mol. The number of benzene rings is 1. The van der Waals surface area contributed by atoms with Gasteiger partial charge in [-0.3, -0.25) is 0 Å². The monoisotopic (exact) mass is 359 g/mol. The smallest absolute Gasteiger partial charge is 0.422 e. The summed E-state index contributed by atoms with van der Waals surface area (Å²) in [4.78, 5) is 0. The topological polar surface area (TPSA) is 21.6 Å². The van der Waals surface area contributed by atoms with E-state index in [1.807, 2.05) is 0 Å². The van der Waals surface area contributed by atoms with Crippen LogP contribution in [-0.4, -0.2) is 31.7 Å². The van der Waals surface area contributed by atoms with Crippen LogP contribution in [0.25, 0.3) is 0 Å². The molecule has 1 unspecified atom stereocenters. The summed E-state index contributed by atoms with van der Waals surface area (Å²) in [5.74, 6) is -0.647. The van der Waals surface area contributed by atoms with Gasteiger partial charge in [-0.1, -0.05) is 17.2 Å². The van der Waals surface area contributed by atoms with E-state index in [9.17, 15) is 26.3 Å². The van der Waals surface area contributed by atoms with Crippen LogP contribution in [0.15, 0.2) is 40.6 Å². The molecule has 0 aromatic heterocycles. The third-order valence-corrected chi connectivity index (χ3v) is 3.49. The number of allylic oxidation sites excluding steroid dienone is 1. The number of alkyl halides is 6. The maximum Gasteiger partial charge on any atom is 0.461 e. The van der Waals surface area contributed by atoms with Crippen LogP contribution in [0.1, 0.15) is 0 Å². The number of hydrogen-bond donors (Lipinski definition) is 0. The minimum Gasteiger partial charge on any atom is -0.422 e. The number of rotatable bonds is 5. The number of para-hydroxylation sites is 2. The Morgan fingerprint density at radius 2 is 1.78 bits per heavy atom. The van der Waals surface area contributed by atoms with Gasteiger partial charge in [0, 0.05) is 12.1 Å². The van der Waals surface area contributed by atoms with Gasteiger partial charge in [-0.05, 0) is 17.7 Å². The Hall–Kier alpha value is -1.74. The lowest BCUT2D eigenvalue weighted by molar-refractivity contribution is -0.253. The van der Waals surface area contributed by atoms with Gasteiger partial charge in [0.15, 0.2) is 11.5 Å². The number of halogens is 7. The van der Waals surface area contributed by atoms with E-state index in [1.54, 1.807) is 0 Å². The van der Waals surface area contributed by atoms with Gasteiger partial charge in [-0.15, -0.1) is 4.59 Å². The first-order chi connectivity index (χ1) is 10.6. The fourth-order valence-electron chi connectivity index (χ4n) is 1.93. The fourth-order valence-corrected chi connectivity index (χ4v) is 2.17. The molecule has 23 heavy (non-hydrogen) atoms. The van der Waals surface area contributed by atoms with Crippen LogP contribution in [-0.2, 0) is 0 Å². The molecule has 0 fully saturated rings. The molecule has 1 aliphatic heterocycles. The van der Waals surface area contributed by atoms with Crippen molar-refractivity contribution in [1.82, 2.24) is 4.59 Å². The maximum atomic E-state index is 13.1. The predicted molar refractivity (Wildman–Crippen MR) is 73.1 cm³/mol. The Morgan fingerprint density at radius 1 is 1.17 bits per heavy atom. The molecule has 0 spiro atoms. The van der Waals surface area contributed by atoms with Crippen molar-refractivity contribution in [3.63, 3.8) is 0 Å². The molecule has 1 aromatic carbocycles. The molecule has 2 rings (SSSR count). The molecular formula is C13H10ClF6N2O+. The molecule has 1 heterocycles. The maximum absolute atomic E-state index is 13.1. The van der Waals surface area contributed by atoms with E-state index in [-0.39, 0.29) is 10.8 Å². The molecule has 0 radical (unpaired) electrons. The lowest BCUT2D eigenvalue weighted by Crippen LogP contribution is -2.37. The summed E-state index contributed by atoms with van der Waals surface area (Å²) in [7, 11) is 1.23. The average molecular weight is 360 g/mol. The highest BCUT2D eigenvalue weighted by molar-refractivity contribution is 6.33. The summed E-state index contributed by atoms with van der Waals surface area (Å²) in [6.07, 6.45) is -10.9. The van der Waals surface area contributed by atoms with Crippen LogP contribution in [0, 0.1) is 0 Å². The Balaban J connectivity index is 2.48. The Bertz CT molecular complexity index is 664. The second-order valence-corrected chi connectivity index (χ2v) is 5.07. The summed E-state index contributed by atoms with van der Waals surface area (Å²) in [5.41, 5.74) is -0.849. The van der Waals surface area contributed by atoms with Crippen LogP contribution >= 0.6 is 11.6 Å². The second-order valence-electron chi connectivity index (χ2n) is 4.68. The average Bonchev–Trinajstić information content (AvgIpc) is 2.76. The first-order valence-corrected chi connectivity index (χ1v) is 6.53. The number of quaternary nitrogens is 1. The van der Waals surface area contributed by atoms with E-state index in [4.69, 9.17) is 11.6 Å². The molecule has 0 saturated carbocycles. The van der Waals surface area contributed by atoms with E-state index >= 15 is 0 Å². The third kappa shape index (κ3) is 3.30. The van der Waals surface area contributed by atoms with Gasteiger partial charge in [0.1, 0.15) is 7.05 Å². The molecule has 0 aliphatic carbocycles. The lowest BCUT2D eigenvalue weighted by Gasteiger charge is -2.26. The van der Waals surface area contributed by atoms with E-state index in [2.05, 4.69) is 9.84 Å². The Morgan fingerprint density at radius 3 is 2.30 bits per heavy atom. The molecule has 1 atom stereocenters. The normalized spacial score (nSPS) is 21.7. The summed E-state index contributed by atoms with van der Waals surface area (Å²) in [6, 6.07) is 4.85. The van der Waals surface area contributed by atoms with Crippen molar-refractivity contribution < 1.29 is 31.1 Å². The predicted octanol–water partition coefficient (Wildman–Crippen LogP) is 4.58. The second kappa shape index (κ2) is 6.04. The zero-order valence-electron chi connectivity index (χ0n) is 11.5. The number of nitrogens with zero attached hydrogens (tertiary/aromatic N) is 2. The van der Waals surface area contributed by atoms with Gasteiger partial charge >= 0.3 is 12.5 Å². The summed E-state index contributed by atoms with van der Waals surface area (Å²) < 4.78 is 79.6. The molecule has 0 N–H and O–H groups in total. The van der Waals surface area contributed by atoms with E-state index in [0.29, 0.717) is 0 Å². The van der Waals surface area contributed by atoms with Crippen LogP contribution in [0.2, 0.25) is 0 Å². The zero-order chi connectivity index (χ0) is 17.4. The highest BCUT2D eigenvalue weighted by Gasteiger charge is 2.47. The molecule has 126 valence electrons. The summed E-state index contributed by atoms with van der Waals surface area (Å²) in [5, 5.41) is 3.45. The third-order valence-electron chi connectivity index (χ3n) is 3.06. The largest absolute Gasteiger partial charge is 0.461 e. The summed E-state index contributed by atoms with van der Waals surface area (Å²) in [6.45, 7) is 0. The van der Waals surface area contributed by atoms with E-state index in [0.717, 1.165) is 12.1 Å². The van der Waals surface area contributed by atoms with Gasteiger partial charge in [0.25, 0.3) is 6.43 Å². The van der Waals surface area contributed by atoms with Gasteiger partial charge in [-0.25, -0.2) is 8.78 Å². The van der Waals surface area contributed by atoms with Gasteiger partial charge in [-0.2, -0.15) is 17.6 Å². The number of hydrogen-bond acceptors (Lipinski definition) is 2. The summed E-state index contributed by atoms with van der Waals surface area (Å²) >= 11 is 5.89. The van der Waals surface area contributed by atoms with E-state index < -0.39 is 35.0 Å². The molecule has 1 aliphatic rings. The van der Waals surface area contributed by atoms with Crippen LogP contribution in [0.3, 0.4) is 0 Å². The number of ether oxygens (including phenoxy) is 1. The zero-order valence-corrected chi connectivity index (χ0v) is 12.2. The van der Waals surface area contributed by atoms with Gasteiger partial charge < -0.3 is 4.74 Å².